The lowest BCUT2D eigenvalue weighted by Crippen LogP contribution is -2.45. The number of piperidine rings is 1. The van der Waals surface area contributed by atoms with Gasteiger partial charge < -0.3 is 15.0 Å². The first-order valence-electron chi connectivity index (χ1n) is 7.87. The molecular weight excluding hydrogens is 280 g/mol. The lowest BCUT2D eigenvalue weighted by atomic mass is 9.98. The Morgan fingerprint density at radius 2 is 2.27 bits per heavy atom. The van der Waals surface area contributed by atoms with E-state index in [1.54, 1.807) is 18.6 Å². The summed E-state index contributed by atoms with van der Waals surface area (Å²) in [5.74, 6) is 0.456. The van der Waals surface area contributed by atoms with Crippen LogP contribution in [0.5, 0.6) is 0 Å². The highest BCUT2D eigenvalue weighted by atomic mass is 16.6. The topological polar surface area (TPSA) is 67.3 Å². The van der Waals surface area contributed by atoms with E-state index in [0.717, 1.165) is 38.2 Å². The minimum absolute atomic E-state index is 0.203. The molecule has 0 unspecified atom stereocenters. The van der Waals surface area contributed by atoms with Crippen LogP contribution in [-0.2, 0) is 11.3 Å². The van der Waals surface area contributed by atoms with E-state index in [0.29, 0.717) is 12.5 Å². The molecule has 0 spiro atoms. The van der Waals surface area contributed by atoms with Crippen LogP contribution in [0.15, 0.2) is 18.6 Å². The zero-order chi connectivity index (χ0) is 16.0. The van der Waals surface area contributed by atoms with Crippen LogP contribution in [-0.4, -0.2) is 46.2 Å². The molecule has 1 fully saturated rings. The maximum Gasteiger partial charge on any atom is 0.410 e. The molecule has 0 radical (unpaired) electrons. The van der Waals surface area contributed by atoms with E-state index in [4.69, 9.17) is 4.74 Å². The van der Waals surface area contributed by atoms with Gasteiger partial charge in [-0.15, -0.1) is 0 Å². The maximum atomic E-state index is 12.1. The Labute approximate surface area is 132 Å². The average Bonchev–Trinajstić information content (AvgIpc) is 2.47. The molecule has 0 saturated carbocycles. The van der Waals surface area contributed by atoms with Crippen molar-refractivity contribution in [2.75, 3.05) is 19.6 Å². The van der Waals surface area contributed by atoms with Gasteiger partial charge in [0.25, 0.3) is 0 Å². The predicted octanol–water partition coefficient (Wildman–Crippen LogP) is 2.21. The van der Waals surface area contributed by atoms with Gasteiger partial charge in [0, 0.05) is 44.8 Å². The smallest absolute Gasteiger partial charge is 0.410 e. The fourth-order valence-electron chi connectivity index (χ4n) is 2.55. The second-order valence-electron chi connectivity index (χ2n) is 6.76. The number of rotatable bonds is 4. The van der Waals surface area contributed by atoms with Gasteiger partial charge in [0.15, 0.2) is 0 Å². The predicted molar refractivity (Wildman–Crippen MR) is 84.3 cm³/mol. The number of carbonyl (C=O) groups excluding carboxylic acids is 1. The van der Waals surface area contributed by atoms with Crippen LogP contribution in [0.1, 0.15) is 39.3 Å². The van der Waals surface area contributed by atoms with Crippen molar-refractivity contribution < 1.29 is 9.53 Å². The second-order valence-corrected chi connectivity index (χ2v) is 6.76. The van der Waals surface area contributed by atoms with Gasteiger partial charge in [-0.3, -0.25) is 9.97 Å². The minimum Gasteiger partial charge on any atom is -0.444 e. The highest BCUT2D eigenvalue weighted by molar-refractivity contribution is 5.68. The van der Waals surface area contributed by atoms with Gasteiger partial charge in [0.1, 0.15) is 5.60 Å². The molecular formula is C16H26N4O2. The van der Waals surface area contributed by atoms with E-state index >= 15 is 0 Å². The quantitative estimate of drug-likeness (QED) is 0.924. The van der Waals surface area contributed by atoms with Gasteiger partial charge in [-0.2, -0.15) is 0 Å². The molecule has 1 aliphatic heterocycles. The number of likely N-dealkylation sites (tertiary alicyclic amines) is 1. The highest BCUT2D eigenvalue weighted by Crippen LogP contribution is 2.18. The third-order valence-electron chi connectivity index (χ3n) is 3.53. The molecule has 0 bridgehead atoms. The van der Waals surface area contributed by atoms with Crippen LogP contribution in [0.25, 0.3) is 0 Å². The molecule has 0 aromatic carbocycles. The molecule has 1 amide bonds. The molecule has 22 heavy (non-hydrogen) atoms. The van der Waals surface area contributed by atoms with Crippen molar-refractivity contribution >= 4 is 6.09 Å². The average molecular weight is 306 g/mol. The van der Waals surface area contributed by atoms with Crippen molar-refractivity contribution in [1.82, 2.24) is 20.2 Å². The molecule has 6 heteroatoms. The van der Waals surface area contributed by atoms with Crippen LogP contribution < -0.4 is 5.32 Å². The van der Waals surface area contributed by atoms with Crippen LogP contribution in [0.3, 0.4) is 0 Å². The molecule has 2 heterocycles. The molecule has 2 rings (SSSR count). The Balaban J connectivity index is 1.75. The van der Waals surface area contributed by atoms with Crippen LogP contribution >= 0.6 is 0 Å². The number of ether oxygens (including phenoxy) is 1. The first kappa shape index (κ1) is 16.7. The Bertz CT molecular complexity index is 473. The van der Waals surface area contributed by atoms with Gasteiger partial charge in [-0.05, 0) is 39.5 Å². The molecule has 1 N–H and O–H groups in total. The summed E-state index contributed by atoms with van der Waals surface area (Å²) < 4.78 is 5.45. The van der Waals surface area contributed by atoms with Crippen molar-refractivity contribution in [3.05, 3.63) is 24.3 Å². The fraction of sp³-hybridized carbons (Fsp3) is 0.688. The molecule has 1 aliphatic rings. The maximum absolute atomic E-state index is 12.1. The molecule has 6 nitrogen and oxygen atoms in total. The van der Waals surface area contributed by atoms with Crippen LogP contribution in [0, 0.1) is 5.92 Å². The van der Waals surface area contributed by atoms with E-state index in [-0.39, 0.29) is 6.09 Å². The second kappa shape index (κ2) is 7.54. The Hall–Kier alpha value is -1.69. The lowest BCUT2D eigenvalue weighted by Gasteiger charge is -2.34. The molecule has 1 aromatic rings. The first-order valence-corrected chi connectivity index (χ1v) is 7.87. The van der Waals surface area contributed by atoms with Crippen LogP contribution in [0.2, 0.25) is 0 Å². The zero-order valence-electron chi connectivity index (χ0n) is 13.7. The number of amides is 1. The number of nitrogens with zero attached hydrogens (tertiary/aromatic N) is 3. The van der Waals surface area contributed by atoms with E-state index in [1.807, 2.05) is 25.7 Å². The Kier molecular flexibility index (Phi) is 5.71. The van der Waals surface area contributed by atoms with Crippen molar-refractivity contribution in [1.29, 1.82) is 0 Å². The summed E-state index contributed by atoms with van der Waals surface area (Å²) in [6.45, 7) is 8.81. The first-order chi connectivity index (χ1) is 10.4. The summed E-state index contributed by atoms with van der Waals surface area (Å²) >= 11 is 0. The van der Waals surface area contributed by atoms with Crippen molar-refractivity contribution in [2.45, 2.75) is 45.8 Å². The largest absolute Gasteiger partial charge is 0.444 e. The summed E-state index contributed by atoms with van der Waals surface area (Å²) in [6, 6.07) is 0. The normalized spacial score (nSPS) is 19.0. The standard InChI is InChI=1S/C16H26N4O2/c1-16(2,3)22-15(21)20-8-4-5-13(12-20)9-18-11-14-10-17-6-7-19-14/h6-7,10,13,18H,4-5,8-9,11-12H2,1-3H3/t13-/m0/s1. The van der Waals surface area contributed by atoms with Crippen molar-refractivity contribution in [2.24, 2.45) is 5.92 Å². The number of nitrogens with one attached hydrogen (secondary N) is 1. The fourth-order valence-corrected chi connectivity index (χ4v) is 2.55. The number of hydrogen-bond acceptors (Lipinski definition) is 5. The molecule has 1 saturated heterocycles. The summed E-state index contributed by atoms with van der Waals surface area (Å²) in [5, 5.41) is 3.40. The minimum atomic E-state index is -0.436. The molecule has 122 valence electrons. The third-order valence-corrected chi connectivity index (χ3v) is 3.53. The third kappa shape index (κ3) is 5.60. The lowest BCUT2D eigenvalue weighted by molar-refractivity contribution is 0.0166. The Morgan fingerprint density at radius 1 is 1.45 bits per heavy atom. The van der Waals surface area contributed by atoms with Crippen molar-refractivity contribution in [3.63, 3.8) is 0 Å². The van der Waals surface area contributed by atoms with Gasteiger partial charge in [-0.1, -0.05) is 0 Å². The summed E-state index contributed by atoms with van der Waals surface area (Å²) in [6.07, 6.45) is 7.08. The molecule has 1 aromatic heterocycles. The molecule has 1 atom stereocenters. The van der Waals surface area contributed by atoms with E-state index in [9.17, 15) is 4.79 Å². The number of hydrogen-bond donors (Lipinski definition) is 1. The summed E-state index contributed by atoms with van der Waals surface area (Å²) in [7, 11) is 0. The van der Waals surface area contributed by atoms with E-state index < -0.39 is 5.60 Å². The van der Waals surface area contributed by atoms with Crippen molar-refractivity contribution in [3.8, 4) is 0 Å². The molecule has 0 aliphatic carbocycles. The van der Waals surface area contributed by atoms with Crippen LogP contribution in [0.4, 0.5) is 4.79 Å². The van der Waals surface area contributed by atoms with E-state index in [1.165, 1.54) is 0 Å². The summed E-state index contributed by atoms with van der Waals surface area (Å²) in [4.78, 5) is 22.2. The zero-order valence-corrected chi connectivity index (χ0v) is 13.7. The Morgan fingerprint density at radius 3 is 2.95 bits per heavy atom. The van der Waals surface area contributed by atoms with Gasteiger partial charge in [0.2, 0.25) is 0 Å². The SMILES string of the molecule is CC(C)(C)OC(=O)N1CCC[C@@H](CNCc2cnccn2)C1. The van der Waals surface area contributed by atoms with E-state index in [2.05, 4.69) is 15.3 Å². The van der Waals surface area contributed by atoms with Gasteiger partial charge in [-0.25, -0.2) is 4.79 Å². The van der Waals surface area contributed by atoms with Gasteiger partial charge in [0.05, 0.1) is 5.69 Å². The highest BCUT2D eigenvalue weighted by Gasteiger charge is 2.27. The monoisotopic (exact) mass is 306 g/mol. The number of aromatic nitrogens is 2. The van der Waals surface area contributed by atoms with Gasteiger partial charge >= 0.3 is 6.09 Å². The number of carbonyl (C=O) groups is 1. The summed E-state index contributed by atoms with van der Waals surface area (Å²) in [5.41, 5.74) is 0.496.